The topological polar surface area (TPSA) is 89.6 Å². The van der Waals surface area contributed by atoms with Crippen molar-refractivity contribution in [2.45, 2.75) is 54.6 Å². The Morgan fingerprint density at radius 3 is 2.39 bits per heavy atom. The number of carbonyl (C=O) groups excluding carboxylic acids is 1. The molecule has 2 saturated carbocycles. The Labute approximate surface area is 254 Å². The van der Waals surface area contributed by atoms with Gasteiger partial charge in [0.05, 0.1) is 26.2 Å². The van der Waals surface area contributed by atoms with Crippen molar-refractivity contribution in [3.63, 3.8) is 0 Å². The highest BCUT2D eigenvalue weighted by atomic mass is 35.5. The highest BCUT2D eigenvalue weighted by Crippen LogP contribution is 2.53. The first-order valence-electron chi connectivity index (χ1n) is 13.3. The summed E-state index contributed by atoms with van der Waals surface area (Å²) in [6.07, 6.45) is 4.42. The Morgan fingerprint density at radius 1 is 1.02 bits per heavy atom. The molecule has 0 unspecified atom stereocenters. The maximum atomic E-state index is 12.5. The summed E-state index contributed by atoms with van der Waals surface area (Å²) in [4.78, 5) is 11.8. The lowest BCUT2D eigenvalue weighted by Crippen LogP contribution is -2.40. The van der Waals surface area contributed by atoms with Crippen molar-refractivity contribution in [3.05, 3.63) is 98.2 Å². The molecule has 41 heavy (non-hydrogen) atoms. The molecule has 0 spiro atoms. The maximum Gasteiger partial charge on any atom is 0.186 e. The summed E-state index contributed by atoms with van der Waals surface area (Å²) >= 11 is 19.6. The minimum absolute atomic E-state index is 0.0584. The van der Waals surface area contributed by atoms with Crippen molar-refractivity contribution in [1.29, 1.82) is 0 Å². The monoisotopic (exact) mass is 631 g/mol. The Balaban J connectivity index is 1.18. The first kappa shape index (κ1) is 28.4. The summed E-state index contributed by atoms with van der Waals surface area (Å²) < 4.78 is 24.4. The van der Waals surface area contributed by atoms with E-state index in [-0.39, 0.29) is 12.5 Å². The predicted molar refractivity (Wildman–Crippen MR) is 163 cm³/mol. The molecule has 2 aliphatic carbocycles. The highest BCUT2D eigenvalue weighted by molar-refractivity contribution is 8.14. The van der Waals surface area contributed by atoms with E-state index in [0.717, 1.165) is 29.7 Å². The molecule has 214 valence electrons. The quantitative estimate of drug-likeness (QED) is 0.145. The molecule has 0 atom stereocenters. The number of ether oxygens (including phenoxy) is 1. The molecule has 0 bridgehead atoms. The van der Waals surface area contributed by atoms with Gasteiger partial charge in [0.25, 0.3) is 0 Å². The van der Waals surface area contributed by atoms with Gasteiger partial charge in [0.2, 0.25) is 0 Å². The number of hydrogen-bond acceptors (Lipinski definition) is 6. The fraction of sp³-hybridized carbons (Fsp3) is 0.290. The van der Waals surface area contributed by atoms with E-state index in [9.17, 15) is 14.1 Å². The van der Waals surface area contributed by atoms with Crippen molar-refractivity contribution in [2.75, 3.05) is 6.26 Å². The van der Waals surface area contributed by atoms with Gasteiger partial charge in [-0.1, -0.05) is 64.2 Å². The van der Waals surface area contributed by atoms with Crippen LogP contribution in [0.3, 0.4) is 0 Å². The average Bonchev–Trinajstić information content (AvgIpc) is 3.70. The van der Waals surface area contributed by atoms with Crippen LogP contribution in [-0.2, 0) is 26.9 Å². The lowest BCUT2D eigenvalue weighted by molar-refractivity contribution is -0.0549. The molecule has 1 aromatic heterocycles. The van der Waals surface area contributed by atoms with Gasteiger partial charge in [-0.3, -0.25) is 9.00 Å². The second-order valence-corrected chi connectivity index (χ2v) is 14.9. The zero-order chi connectivity index (χ0) is 28.9. The van der Waals surface area contributed by atoms with E-state index in [0.29, 0.717) is 66.9 Å². The minimum atomic E-state index is -3.04. The van der Waals surface area contributed by atoms with Crippen LogP contribution in [0.15, 0.2) is 70.1 Å². The highest BCUT2D eigenvalue weighted by Gasteiger charge is 2.46. The first-order valence-corrected chi connectivity index (χ1v) is 16.7. The molecule has 1 N–H and O–H groups in total. The summed E-state index contributed by atoms with van der Waals surface area (Å²) in [5.41, 5.74) is 2.97. The molecule has 1 heterocycles. The van der Waals surface area contributed by atoms with Gasteiger partial charge in [-0.25, -0.2) is 0 Å². The molecule has 6 nitrogen and oxygen atoms in total. The Kier molecular flexibility index (Phi) is 7.54. The number of aromatic nitrogens is 1. The van der Waals surface area contributed by atoms with Crippen LogP contribution >= 0.6 is 34.8 Å². The summed E-state index contributed by atoms with van der Waals surface area (Å²) in [7, 11) is -3.04. The third-order valence-electron chi connectivity index (χ3n) is 8.01. The van der Waals surface area contributed by atoms with E-state index in [4.69, 9.17) is 44.1 Å². The van der Waals surface area contributed by atoms with E-state index >= 15 is 0 Å². The summed E-state index contributed by atoms with van der Waals surface area (Å²) in [5, 5.41) is 17.0. The average molecular weight is 633 g/mol. The SMILES string of the molecule is C[SH](=O)(C=O)c1cccc([C@H]2C[C@](O)(c3ccc(OCc4c(-c5c(Cl)cccc5Cl)noc4C4CC4)cc3Cl)C2)c1. The van der Waals surface area contributed by atoms with Gasteiger partial charge < -0.3 is 14.4 Å². The number of hydrogen-bond donors (Lipinski definition) is 2. The fourth-order valence-electron chi connectivity index (χ4n) is 5.49. The van der Waals surface area contributed by atoms with Crippen LogP contribution in [0.25, 0.3) is 11.3 Å². The third-order valence-corrected chi connectivity index (χ3v) is 10.7. The van der Waals surface area contributed by atoms with Gasteiger partial charge in [-0.05, 0) is 89.8 Å². The molecule has 3 aromatic carbocycles. The molecule has 4 aromatic rings. The summed E-state index contributed by atoms with van der Waals surface area (Å²) in [6, 6.07) is 17.8. The Morgan fingerprint density at radius 2 is 1.73 bits per heavy atom. The van der Waals surface area contributed by atoms with Crippen molar-refractivity contribution < 1.29 is 23.4 Å². The number of nitrogens with zero attached hydrogens (tertiary/aromatic N) is 1. The molecule has 0 amide bonds. The van der Waals surface area contributed by atoms with Crippen molar-refractivity contribution in [2.24, 2.45) is 0 Å². The van der Waals surface area contributed by atoms with Crippen LogP contribution in [0.4, 0.5) is 0 Å². The van der Waals surface area contributed by atoms with Gasteiger partial charge in [0, 0.05) is 21.9 Å². The van der Waals surface area contributed by atoms with Crippen molar-refractivity contribution >= 4 is 50.4 Å². The number of carbonyl (C=O) groups is 1. The van der Waals surface area contributed by atoms with Gasteiger partial charge in [0.1, 0.15) is 23.8 Å². The van der Waals surface area contributed by atoms with Crippen LogP contribution in [-0.4, -0.2) is 26.3 Å². The predicted octanol–water partition coefficient (Wildman–Crippen LogP) is 7.72. The summed E-state index contributed by atoms with van der Waals surface area (Å²) in [5.74, 6) is 1.68. The molecule has 10 heteroatoms. The largest absolute Gasteiger partial charge is 0.489 e. The molecule has 0 saturated heterocycles. The van der Waals surface area contributed by atoms with E-state index in [1.54, 1.807) is 48.5 Å². The molecule has 2 fully saturated rings. The van der Waals surface area contributed by atoms with E-state index < -0.39 is 15.5 Å². The zero-order valence-corrected chi connectivity index (χ0v) is 25.3. The minimum Gasteiger partial charge on any atom is -0.489 e. The third kappa shape index (κ3) is 5.46. The van der Waals surface area contributed by atoms with E-state index in [1.165, 1.54) is 6.26 Å². The van der Waals surface area contributed by atoms with E-state index in [2.05, 4.69) is 5.16 Å². The molecule has 6 rings (SSSR count). The van der Waals surface area contributed by atoms with Gasteiger partial charge in [-0.2, -0.15) is 0 Å². The Bertz CT molecular complexity index is 1670. The van der Waals surface area contributed by atoms with Crippen LogP contribution in [0, 0.1) is 0 Å². The Hall–Kier alpha value is -2.68. The fourth-order valence-corrected chi connectivity index (χ4v) is 7.33. The second-order valence-electron chi connectivity index (χ2n) is 11.0. The smallest absolute Gasteiger partial charge is 0.186 e. The second kappa shape index (κ2) is 10.9. The summed E-state index contributed by atoms with van der Waals surface area (Å²) in [6.45, 7) is 0.187. The number of thiol groups is 1. The molecular weight excluding hydrogens is 605 g/mol. The lowest BCUT2D eigenvalue weighted by atomic mass is 9.65. The number of aliphatic hydroxyl groups is 1. The normalized spacial score (nSPS) is 20.9. The molecular formula is C31H28Cl3NO5S. The first-order chi connectivity index (χ1) is 19.6. The van der Waals surface area contributed by atoms with Crippen LogP contribution in [0.2, 0.25) is 15.1 Å². The van der Waals surface area contributed by atoms with E-state index in [1.807, 2.05) is 12.1 Å². The molecule has 0 radical (unpaired) electrons. The van der Waals surface area contributed by atoms with Crippen LogP contribution in [0.5, 0.6) is 5.75 Å². The van der Waals surface area contributed by atoms with Gasteiger partial charge >= 0.3 is 0 Å². The molecule has 2 aliphatic rings. The van der Waals surface area contributed by atoms with Crippen LogP contribution in [0.1, 0.15) is 60.0 Å². The van der Waals surface area contributed by atoms with Crippen molar-refractivity contribution in [3.8, 4) is 17.0 Å². The lowest BCUT2D eigenvalue weighted by Gasteiger charge is -2.45. The number of halogens is 3. The van der Waals surface area contributed by atoms with Gasteiger partial charge in [-0.15, -0.1) is 0 Å². The van der Waals surface area contributed by atoms with Crippen LogP contribution < -0.4 is 4.74 Å². The number of benzene rings is 3. The number of rotatable bonds is 9. The van der Waals surface area contributed by atoms with Gasteiger partial charge in [0.15, 0.2) is 5.62 Å². The standard InChI is InChI=1S/C31H28Cl3NO5S/c1-41(38,17-36)22-5-2-4-19(12-22)20-14-31(37,15-20)24-11-10-21(13-27(24)34)39-16-23-29(35-40-30(23)18-8-9-18)28-25(32)6-3-7-26(28)33/h2-7,10-13,17-18,20,37,41H,8-9,14-16H2,1H3/t20-,31+. The van der Waals surface area contributed by atoms with Crippen molar-refractivity contribution in [1.82, 2.24) is 5.16 Å². The molecule has 0 aliphatic heterocycles. The zero-order valence-electron chi connectivity index (χ0n) is 22.1. The maximum absolute atomic E-state index is 12.5.